The first-order valence-electron chi connectivity index (χ1n) is 10.2. The molecule has 7 heteroatoms. The number of hydrogen-bond donors (Lipinski definition) is 1. The number of para-hydroxylation sites is 1. The number of aryl methyl sites for hydroxylation is 1. The first-order valence-corrected chi connectivity index (χ1v) is 10.2. The summed E-state index contributed by atoms with van der Waals surface area (Å²) in [5, 5.41) is 10.7. The second kappa shape index (κ2) is 10.4. The van der Waals surface area contributed by atoms with Gasteiger partial charge in [0.25, 0.3) is 0 Å². The molecule has 1 heterocycles. The van der Waals surface area contributed by atoms with Gasteiger partial charge >= 0.3 is 11.9 Å². The van der Waals surface area contributed by atoms with Crippen LogP contribution in [-0.4, -0.2) is 36.2 Å². The second-order valence-corrected chi connectivity index (χ2v) is 7.08. The summed E-state index contributed by atoms with van der Waals surface area (Å²) in [5.74, 6) is -0.646. The molecule has 0 atom stereocenters. The molecule has 7 nitrogen and oxygen atoms in total. The number of pyridine rings is 1. The van der Waals surface area contributed by atoms with Crippen LogP contribution in [-0.2, 0) is 22.3 Å². The van der Waals surface area contributed by atoms with Crippen molar-refractivity contribution in [3.63, 3.8) is 0 Å². The first kappa shape index (κ1) is 22.8. The third-order valence-electron chi connectivity index (χ3n) is 4.83. The maximum absolute atomic E-state index is 12.6. The highest BCUT2D eigenvalue weighted by Crippen LogP contribution is 2.31. The molecular weight excluding hydrogens is 410 g/mol. The van der Waals surface area contributed by atoms with Crippen LogP contribution in [0.15, 0.2) is 54.6 Å². The highest BCUT2D eigenvalue weighted by molar-refractivity contribution is 6.06. The molecule has 1 N–H and O–H groups in total. The zero-order valence-corrected chi connectivity index (χ0v) is 18.3. The summed E-state index contributed by atoms with van der Waals surface area (Å²) in [4.78, 5) is 29.6. The lowest BCUT2D eigenvalue weighted by atomic mass is 9.97. The van der Waals surface area contributed by atoms with E-state index in [9.17, 15) is 14.7 Å². The minimum Gasteiger partial charge on any atom is -0.505 e. The van der Waals surface area contributed by atoms with Crippen molar-refractivity contribution in [1.29, 1.82) is 0 Å². The summed E-state index contributed by atoms with van der Waals surface area (Å²) in [6.45, 7) is 1.93. The highest BCUT2D eigenvalue weighted by Gasteiger charge is 2.29. The number of aromatic hydroxyl groups is 1. The number of carbonyl (C=O) groups is 2. The zero-order chi connectivity index (χ0) is 23.1. The number of carbonyl (C=O) groups excluding carboxylic acids is 2. The van der Waals surface area contributed by atoms with Gasteiger partial charge in [0.2, 0.25) is 0 Å². The van der Waals surface area contributed by atoms with Gasteiger partial charge in [-0.05, 0) is 36.2 Å². The van der Waals surface area contributed by atoms with E-state index in [0.717, 1.165) is 5.56 Å². The van der Waals surface area contributed by atoms with Crippen LogP contribution in [0, 0.1) is 0 Å². The van der Waals surface area contributed by atoms with Gasteiger partial charge in [0.05, 0.1) is 31.2 Å². The number of methoxy groups -OCH3 is 2. The Morgan fingerprint density at radius 3 is 2.19 bits per heavy atom. The molecule has 0 unspecified atom stereocenters. The molecule has 0 saturated carbocycles. The molecule has 1 aromatic heterocycles. The fourth-order valence-electron chi connectivity index (χ4n) is 3.38. The van der Waals surface area contributed by atoms with Gasteiger partial charge in [0, 0.05) is 6.42 Å². The molecule has 32 heavy (non-hydrogen) atoms. The number of rotatable bonds is 8. The molecule has 0 aliphatic heterocycles. The van der Waals surface area contributed by atoms with Crippen molar-refractivity contribution in [2.75, 3.05) is 14.2 Å². The largest absolute Gasteiger partial charge is 0.505 e. The van der Waals surface area contributed by atoms with Crippen LogP contribution in [0.1, 0.15) is 51.0 Å². The summed E-state index contributed by atoms with van der Waals surface area (Å²) in [5.41, 5.74) is 1.11. The number of hydrogen-bond acceptors (Lipinski definition) is 7. The Morgan fingerprint density at radius 1 is 0.875 bits per heavy atom. The Hall–Kier alpha value is -3.87. The fourth-order valence-corrected chi connectivity index (χ4v) is 3.38. The van der Waals surface area contributed by atoms with E-state index < -0.39 is 11.9 Å². The standard InChI is InChI=1S/C25H25NO6/c1-4-9-19-23(27)22(25(29)31-3)21(24(28)30-2)20(26-19)15-16-10-8-13-18(14-16)32-17-11-6-5-7-12-17/h5-8,10-14,27H,4,9,15H2,1-3H3. The van der Waals surface area contributed by atoms with Gasteiger partial charge in [0.15, 0.2) is 5.75 Å². The molecule has 166 valence electrons. The SMILES string of the molecule is CCCc1nc(Cc2cccc(Oc3ccccc3)c2)c(C(=O)OC)c(C(=O)OC)c1O. The van der Waals surface area contributed by atoms with Crippen LogP contribution in [0.25, 0.3) is 0 Å². The molecule has 0 aliphatic rings. The van der Waals surface area contributed by atoms with Crippen molar-refractivity contribution in [1.82, 2.24) is 4.98 Å². The summed E-state index contributed by atoms with van der Waals surface area (Å²) >= 11 is 0. The Labute approximate surface area is 186 Å². The van der Waals surface area contributed by atoms with E-state index in [4.69, 9.17) is 14.2 Å². The number of benzene rings is 2. The van der Waals surface area contributed by atoms with Gasteiger partial charge in [-0.15, -0.1) is 0 Å². The van der Waals surface area contributed by atoms with E-state index in [0.29, 0.717) is 35.7 Å². The quantitative estimate of drug-likeness (QED) is 0.513. The molecule has 0 amide bonds. The van der Waals surface area contributed by atoms with Gasteiger partial charge in [-0.1, -0.05) is 43.7 Å². The Kier molecular flexibility index (Phi) is 7.44. The Balaban J connectivity index is 2.06. The van der Waals surface area contributed by atoms with Crippen molar-refractivity contribution >= 4 is 11.9 Å². The van der Waals surface area contributed by atoms with Crippen molar-refractivity contribution < 1.29 is 28.9 Å². The predicted octanol–water partition coefficient (Wildman–Crippen LogP) is 4.70. The summed E-state index contributed by atoms with van der Waals surface area (Å²) in [7, 11) is 2.39. The summed E-state index contributed by atoms with van der Waals surface area (Å²) in [6.07, 6.45) is 1.34. The van der Waals surface area contributed by atoms with Crippen molar-refractivity contribution in [2.24, 2.45) is 0 Å². The zero-order valence-electron chi connectivity index (χ0n) is 18.3. The van der Waals surface area contributed by atoms with Crippen LogP contribution >= 0.6 is 0 Å². The topological polar surface area (TPSA) is 95.0 Å². The van der Waals surface area contributed by atoms with Gasteiger partial charge in [-0.2, -0.15) is 0 Å². The van der Waals surface area contributed by atoms with Crippen molar-refractivity contribution in [3.05, 3.63) is 82.7 Å². The van der Waals surface area contributed by atoms with Crippen molar-refractivity contribution in [2.45, 2.75) is 26.2 Å². The minimum absolute atomic E-state index is 0.105. The van der Waals surface area contributed by atoms with E-state index in [1.54, 1.807) is 0 Å². The Morgan fingerprint density at radius 2 is 1.53 bits per heavy atom. The van der Waals surface area contributed by atoms with E-state index in [1.165, 1.54) is 14.2 Å². The van der Waals surface area contributed by atoms with Crippen molar-refractivity contribution in [3.8, 4) is 17.2 Å². The average molecular weight is 435 g/mol. The number of aromatic nitrogens is 1. The lowest BCUT2D eigenvalue weighted by Crippen LogP contribution is -2.18. The van der Waals surface area contributed by atoms with Crippen LogP contribution < -0.4 is 4.74 Å². The average Bonchev–Trinajstić information content (AvgIpc) is 2.81. The normalized spacial score (nSPS) is 10.5. The highest BCUT2D eigenvalue weighted by atomic mass is 16.5. The number of ether oxygens (including phenoxy) is 3. The van der Waals surface area contributed by atoms with Crippen LogP contribution in [0.4, 0.5) is 0 Å². The van der Waals surface area contributed by atoms with Crippen LogP contribution in [0.2, 0.25) is 0 Å². The molecule has 0 saturated heterocycles. The summed E-state index contributed by atoms with van der Waals surface area (Å²) < 4.78 is 15.6. The van der Waals surface area contributed by atoms with E-state index in [1.807, 2.05) is 61.5 Å². The van der Waals surface area contributed by atoms with E-state index >= 15 is 0 Å². The molecule has 2 aromatic carbocycles. The predicted molar refractivity (Wildman–Crippen MR) is 118 cm³/mol. The lowest BCUT2D eigenvalue weighted by molar-refractivity contribution is 0.0550. The number of nitrogens with zero attached hydrogens (tertiary/aromatic N) is 1. The second-order valence-electron chi connectivity index (χ2n) is 7.08. The molecule has 3 aromatic rings. The smallest absolute Gasteiger partial charge is 0.342 e. The van der Waals surface area contributed by atoms with Crippen LogP contribution in [0.5, 0.6) is 17.2 Å². The van der Waals surface area contributed by atoms with Gasteiger partial charge in [-0.3, -0.25) is 4.98 Å². The Bertz CT molecular complexity index is 1110. The van der Waals surface area contributed by atoms with Gasteiger partial charge in [0.1, 0.15) is 17.1 Å². The van der Waals surface area contributed by atoms with Gasteiger partial charge < -0.3 is 19.3 Å². The molecule has 3 rings (SSSR count). The number of esters is 2. The van der Waals surface area contributed by atoms with E-state index in [2.05, 4.69) is 4.98 Å². The summed E-state index contributed by atoms with van der Waals surface area (Å²) in [6, 6.07) is 16.7. The maximum Gasteiger partial charge on any atom is 0.342 e. The molecular formula is C25H25NO6. The minimum atomic E-state index is -0.829. The maximum atomic E-state index is 12.6. The van der Waals surface area contributed by atoms with Gasteiger partial charge in [-0.25, -0.2) is 9.59 Å². The molecule has 0 bridgehead atoms. The molecule has 0 radical (unpaired) electrons. The van der Waals surface area contributed by atoms with Crippen LogP contribution in [0.3, 0.4) is 0 Å². The first-order chi connectivity index (χ1) is 15.5. The molecule has 0 fully saturated rings. The molecule has 0 aliphatic carbocycles. The third kappa shape index (κ3) is 5.06. The molecule has 0 spiro atoms. The van der Waals surface area contributed by atoms with E-state index in [-0.39, 0.29) is 23.3 Å². The third-order valence-corrected chi connectivity index (χ3v) is 4.83. The fraction of sp³-hybridized carbons (Fsp3) is 0.240. The monoisotopic (exact) mass is 435 g/mol. The lowest BCUT2D eigenvalue weighted by Gasteiger charge is -2.16.